The SMILES string of the molecule is Cc1c(NC(=O)CC2C=CCC2)c(=O)n(-c2ccccc2)n1C. The van der Waals surface area contributed by atoms with Crippen molar-refractivity contribution < 1.29 is 4.79 Å². The second kappa shape index (κ2) is 6.28. The van der Waals surface area contributed by atoms with Gasteiger partial charge in [0.2, 0.25) is 5.91 Å². The maximum atomic E-state index is 12.7. The van der Waals surface area contributed by atoms with Crippen LogP contribution in [0.5, 0.6) is 0 Å². The molecule has 120 valence electrons. The van der Waals surface area contributed by atoms with Crippen molar-refractivity contribution in [2.75, 3.05) is 5.32 Å². The number of nitrogens with one attached hydrogen (secondary N) is 1. The smallest absolute Gasteiger partial charge is 0.295 e. The number of anilines is 1. The zero-order valence-corrected chi connectivity index (χ0v) is 13.5. The van der Waals surface area contributed by atoms with Crippen molar-refractivity contribution >= 4 is 11.6 Å². The normalized spacial score (nSPS) is 16.7. The molecular weight excluding hydrogens is 290 g/mol. The number of para-hydroxylation sites is 1. The minimum Gasteiger partial charge on any atom is -0.320 e. The molecule has 0 fully saturated rings. The molecule has 2 aromatic rings. The summed E-state index contributed by atoms with van der Waals surface area (Å²) in [5, 5.41) is 2.81. The summed E-state index contributed by atoms with van der Waals surface area (Å²) in [7, 11) is 1.82. The molecule has 1 heterocycles. The Morgan fingerprint density at radius 1 is 1.30 bits per heavy atom. The van der Waals surface area contributed by atoms with E-state index in [-0.39, 0.29) is 17.4 Å². The Kier molecular flexibility index (Phi) is 4.19. The lowest BCUT2D eigenvalue weighted by Gasteiger charge is -2.08. The standard InChI is InChI=1S/C18H21N3O2/c1-13-17(19-16(22)12-14-8-6-7-9-14)18(23)21(20(13)2)15-10-4-3-5-11-15/h3-6,8,10-11,14H,7,9,12H2,1-2H3,(H,19,22). The molecule has 1 amide bonds. The summed E-state index contributed by atoms with van der Waals surface area (Å²) in [6.45, 7) is 1.84. The summed E-state index contributed by atoms with van der Waals surface area (Å²) in [6, 6.07) is 9.41. The van der Waals surface area contributed by atoms with E-state index in [0.717, 1.165) is 24.2 Å². The average molecular weight is 311 g/mol. The lowest BCUT2D eigenvalue weighted by molar-refractivity contribution is -0.116. The van der Waals surface area contributed by atoms with Crippen molar-refractivity contribution in [2.45, 2.75) is 26.2 Å². The van der Waals surface area contributed by atoms with Gasteiger partial charge in [0.05, 0.1) is 11.4 Å². The number of hydrogen-bond acceptors (Lipinski definition) is 2. The molecule has 0 aliphatic heterocycles. The highest BCUT2D eigenvalue weighted by Gasteiger charge is 2.20. The van der Waals surface area contributed by atoms with Crippen LogP contribution in [0.2, 0.25) is 0 Å². The third-order valence-electron chi connectivity index (χ3n) is 4.38. The molecule has 0 saturated carbocycles. The summed E-state index contributed by atoms with van der Waals surface area (Å²) < 4.78 is 3.34. The summed E-state index contributed by atoms with van der Waals surface area (Å²) in [5.41, 5.74) is 1.69. The number of nitrogens with zero attached hydrogens (tertiary/aromatic N) is 2. The maximum absolute atomic E-state index is 12.7. The largest absolute Gasteiger partial charge is 0.320 e. The third-order valence-corrected chi connectivity index (χ3v) is 4.38. The molecule has 23 heavy (non-hydrogen) atoms. The number of hydrogen-bond donors (Lipinski definition) is 1. The van der Waals surface area contributed by atoms with Crippen molar-refractivity contribution in [1.29, 1.82) is 0 Å². The van der Waals surface area contributed by atoms with E-state index in [9.17, 15) is 9.59 Å². The van der Waals surface area contributed by atoms with E-state index < -0.39 is 0 Å². The number of benzene rings is 1. The molecule has 1 N–H and O–H groups in total. The molecule has 0 saturated heterocycles. The molecular formula is C18H21N3O2. The predicted octanol–water partition coefficient (Wildman–Crippen LogP) is 2.78. The first kappa shape index (κ1) is 15.3. The maximum Gasteiger partial charge on any atom is 0.295 e. The van der Waals surface area contributed by atoms with Crippen LogP contribution in [0.25, 0.3) is 5.69 Å². The number of carbonyl (C=O) groups excluding carboxylic acids is 1. The van der Waals surface area contributed by atoms with Crippen LogP contribution in [0.4, 0.5) is 5.69 Å². The van der Waals surface area contributed by atoms with E-state index in [1.165, 1.54) is 0 Å². The lowest BCUT2D eigenvalue weighted by Crippen LogP contribution is -2.23. The Balaban J connectivity index is 1.87. The van der Waals surface area contributed by atoms with Crippen LogP contribution < -0.4 is 10.9 Å². The quantitative estimate of drug-likeness (QED) is 0.883. The van der Waals surface area contributed by atoms with E-state index in [1.54, 1.807) is 9.36 Å². The Morgan fingerprint density at radius 2 is 2.04 bits per heavy atom. The highest BCUT2D eigenvalue weighted by atomic mass is 16.2. The molecule has 1 aromatic heterocycles. The van der Waals surface area contributed by atoms with Crippen LogP contribution in [-0.2, 0) is 11.8 Å². The molecule has 1 aromatic carbocycles. The van der Waals surface area contributed by atoms with Crippen molar-refractivity contribution in [3.63, 3.8) is 0 Å². The first-order valence-electron chi connectivity index (χ1n) is 7.88. The molecule has 3 rings (SSSR count). The van der Waals surface area contributed by atoms with Crippen molar-refractivity contribution in [2.24, 2.45) is 13.0 Å². The van der Waals surface area contributed by atoms with Crippen molar-refractivity contribution in [3.8, 4) is 5.69 Å². The molecule has 5 nitrogen and oxygen atoms in total. The summed E-state index contributed by atoms with van der Waals surface area (Å²) in [5.74, 6) is 0.183. The van der Waals surface area contributed by atoms with Crippen LogP contribution in [0.15, 0.2) is 47.3 Å². The molecule has 1 aliphatic rings. The Bertz CT molecular complexity index is 800. The van der Waals surface area contributed by atoms with Gasteiger partial charge in [-0.2, -0.15) is 0 Å². The van der Waals surface area contributed by atoms with Gasteiger partial charge in [0.15, 0.2) is 0 Å². The molecule has 0 radical (unpaired) electrons. The summed E-state index contributed by atoms with van der Waals surface area (Å²) >= 11 is 0. The summed E-state index contributed by atoms with van der Waals surface area (Å²) in [4.78, 5) is 24.9. The number of amides is 1. The summed E-state index contributed by atoms with van der Waals surface area (Å²) in [6.07, 6.45) is 6.65. The van der Waals surface area contributed by atoms with E-state index in [2.05, 4.69) is 17.5 Å². The fraction of sp³-hybridized carbons (Fsp3) is 0.333. The Morgan fingerprint density at radius 3 is 2.70 bits per heavy atom. The van der Waals surface area contributed by atoms with E-state index in [1.807, 2.05) is 44.3 Å². The van der Waals surface area contributed by atoms with Gasteiger partial charge in [-0.1, -0.05) is 30.4 Å². The van der Waals surface area contributed by atoms with Crippen molar-refractivity contribution in [3.05, 3.63) is 58.5 Å². The van der Waals surface area contributed by atoms with Crippen LogP contribution >= 0.6 is 0 Å². The predicted molar refractivity (Wildman–Crippen MR) is 90.9 cm³/mol. The molecule has 5 heteroatoms. The van der Waals surface area contributed by atoms with Gasteiger partial charge in [-0.25, -0.2) is 4.68 Å². The monoisotopic (exact) mass is 311 g/mol. The zero-order valence-electron chi connectivity index (χ0n) is 13.5. The highest BCUT2D eigenvalue weighted by molar-refractivity contribution is 5.91. The number of aromatic nitrogens is 2. The van der Waals surface area contributed by atoms with Crippen molar-refractivity contribution in [1.82, 2.24) is 9.36 Å². The first-order valence-corrected chi connectivity index (χ1v) is 7.88. The average Bonchev–Trinajstić information content (AvgIpc) is 3.12. The Labute approximate surface area is 135 Å². The third kappa shape index (κ3) is 2.99. The number of rotatable bonds is 4. The van der Waals surface area contributed by atoms with Gasteiger partial charge in [-0.05, 0) is 37.8 Å². The van der Waals surface area contributed by atoms with E-state index in [0.29, 0.717) is 12.1 Å². The van der Waals surface area contributed by atoms with Crippen LogP contribution in [0, 0.1) is 12.8 Å². The highest BCUT2D eigenvalue weighted by Crippen LogP contribution is 2.21. The second-order valence-electron chi connectivity index (χ2n) is 5.95. The minimum absolute atomic E-state index is 0.104. The molecule has 0 spiro atoms. The first-order chi connectivity index (χ1) is 11.1. The molecule has 1 atom stereocenters. The van der Waals surface area contributed by atoms with Gasteiger partial charge in [-0.3, -0.25) is 14.3 Å². The lowest BCUT2D eigenvalue weighted by atomic mass is 10.1. The van der Waals surface area contributed by atoms with Gasteiger partial charge in [0.25, 0.3) is 5.56 Å². The molecule has 1 aliphatic carbocycles. The van der Waals surface area contributed by atoms with E-state index in [4.69, 9.17) is 0 Å². The van der Waals surface area contributed by atoms with Crippen LogP contribution in [0.1, 0.15) is 25.0 Å². The van der Waals surface area contributed by atoms with Crippen LogP contribution in [-0.4, -0.2) is 15.3 Å². The minimum atomic E-state index is -0.202. The Hall–Kier alpha value is -2.56. The number of carbonyl (C=O) groups is 1. The van der Waals surface area contributed by atoms with Gasteiger partial charge in [0.1, 0.15) is 5.69 Å². The topological polar surface area (TPSA) is 56.0 Å². The molecule has 1 unspecified atom stereocenters. The zero-order chi connectivity index (χ0) is 16.4. The molecule has 0 bridgehead atoms. The van der Waals surface area contributed by atoms with Gasteiger partial charge >= 0.3 is 0 Å². The van der Waals surface area contributed by atoms with Gasteiger partial charge in [0, 0.05) is 13.5 Å². The van der Waals surface area contributed by atoms with Gasteiger partial charge < -0.3 is 5.32 Å². The fourth-order valence-electron chi connectivity index (χ4n) is 3.01. The van der Waals surface area contributed by atoms with Gasteiger partial charge in [-0.15, -0.1) is 0 Å². The fourth-order valence-corrected chi connectivity index (χ4v) is 3.01. The van der Waals surface area contributed by atoms with E-state index >= 15 is 0 Å². The second-order valence-corrected chi connectivity index (χ2v) is 5.95. The van der Waals surface area contributed by atoms with Crippen LogP contribution in [0.3, 0.4) is 0 Å². The number of allylic oxidation sites excluding steroid dienone is 2.